The number of nitrogens with zero attached hydrogens (tertiary/aromatic N) is 1. The van der Waals surface area contributed by atoms with E-state index in [-0.39, 0.29) is 6.10 Å². The van der Waals surface area contributed by atoms with Crippen molar-refractivity contribution in [1.82, 2.24) is 0 Å². The van der Waals surface area contributed by atoms with Crippen LogP contribution in [0.2, 0.25) is 0 Å². The molecule has 188 valence electrons. The Morgan fingerprint density at radius 1 is 0.735 bits per heavy atom. The number of aromatic nitrogens is 1. The van der Waals surface area contributed by atoms with Crippen molar-refractivity contribution in [1.29, 1.82) is 0 Å². The molecule has 2 rings (SSSR count). The van der Waals surface area contributed by atoms with Crippen LogP contribution in [0.25, 0.3) is 6.08 Å². The van der Waals surface area contributed by atoms with E-state index in [0.717, 1.165) is 19.3 Å². The average molecular weight is 465 g/mol. The summed E-state index contributed by atoms with van der Waals surface area (Å²) in [6, 6.07) is 16.7. The van der Waals surface area contributed by atoms with Gasteiger partial charge in [0.25, 0.3) is 0 Å². The van der Waals surface area contributed by atoms with Gasteiger partial charge >= 0.3 is 0 Å². The molecule has 0 aliphatic rings. The van der Waals surface area contributed by atoms with Crippen LogP contribution < -0.4 is 9.57 Å². The van der Waals surface area contributed by atoms with E-state index in [0.29, 0.717) is 5.92 Å². The minimum atomic E-state index is 0.274. The number of rotatable bonds is 20. The standard InChI is InChI=1S/C32H50NO/c1-3-4-5-6-7-8-9-10-11-12-13-18-26-32(34-33-27-19-15-20-28-33)29-30(2)22-21-25-31-23-16-14-17-24-31/h14-17,19-21,23-25,27-28,30,32H,3-13,18,22,26,29H2,1-2H3/q+1. The third-order valence-electron chi connectivity index (χ3n) is 6.65. The van der Waals surface area contributed by atoms with Gasteiger partial charge in [-0.2, -0.15) is 0 Å². The number of allylic oxidation sites excluding steroid dienone is 1. The number of unbranched alkanes of at least 4 members (excludes halogenated alkanes) is 11. The van der Waals surface area contributed by atoms with E-state index in [1.165, 1.54) is 82.6 Å². The highest BCUT2D eigenvalue weighted by Crippen LogP contribution is 2.18. The van der Waals surface area contributed by atoms with Gasteiger partial charge in [-0.05, 0) is 37.2 Å². The second kappa shape index (κ2) is 19.2. The predicted octanol–water partition coefficient (Wildman–Crippen LogP) is 8.99. The summed E-state index contributed by atoms with van der Waals surface area (Å²) in [6.45, 7) is 4.64. The van der Waals surface area contributed by atoms with Gasteiger partial charge in [-0.1, -0.05) is 133 Å². The highest BCUT2D eigenvalue weighted by molar-refractivity contribution is 5.48. The minimum Gasteiger partial charge on any atom is -0.268 e. The normalized spacial score (nSPS) is 13.2. The van der Waals surface area contributed by atoms with Gasteiger partial charge in [0.15, 0.2) is 6.10 Å². The SMILES string of the molecule is CCCCCCCCCCCCCCC(CC(C)CC=Cc1ccccc1)O[n+]1ccccc1. The van der Waals surface area contributed by atoms with Crippen LogP contribution in [0.15, 0.2) is 67.0 Å². The molecule has 2 unspecified atom stereocenters. The molecule has 2 atom stereocenters. The summed E-state index contributed by atoms with van der Waals surface area (Å²) in [5, 5.41) is 0. The van der Waals surface area contributed by atoms with Crippen molar-refractivity contribution in [3.05, 3.63) is 72.6 Å². The van der Waals surface area contributed by atoms with E-state index in [2.05, 4.69) is 56.3 Å². The Morgan fingerprint density at radius 2 is 1.29 bits per heavy atom. The second-order valence-electron chi connectivity index (χ2n) is 10.0. The number of hydrogen-bond donors (Lipinski definition) is 0. The molecule has 34 heavy (non-hydrogen) atoms. The van der Waals surface area contributed by atoms with Crippen LogP contribution >= 0.6 is 0 Å². The second-order valence-corrected chi connectivity index (χ2v) is 10.0. The topological polar surface area (TPSA) is 13.1 Å². The summed E-state index contributed by atoms with van der Waals surface area (Å²) in [4.78, 5) is 6.34. The Labute approximate surface area is 210 Å². The highest BCUT2D eigenvalue weighted by atomic mass is 16.7. The Bertz CT molecular complexity index is 727. The fourth-order valence-electron chi connectivity index (χ4n) is 4.60. The zero-order valence-electron chi connectivity index (χ0n) is 22.0. The summed E-state index contributed by atoms with van der Waals surface area (Å²) < 4.78 is 1.89. The van der Waals surface area contributed by atoms with Gasteiger partial charge in [0.2, 0.25) is 12.4 Å². The predicted molar refractivity (Wildman–Crippen MR) is 147 cm³/mol. The highest BCUT2D eigenvalue weighted by Gasteiger charge is 2.18. The third kappa shape index (κ3) is 14.2. The van der Waals surface area contributed by atoms with E-state index in [1.54, 1.807) is 0 Å². The van der Waals surface area contributed by atoms with E-state index in [1.807, 2.05) is 35.3 Å². The molecule has 0 fully saturated rings. The Kier molecular flexibility index (Phi) is 15.9. The lowest BCUT2D eigenvalue weighted by Crippen LogP contribution is -2.47. The molecule has 0 aliphatic heterocycles. The maximum absolute atomic E-state index is 6.34. The van der Waals surface area contributed by atoms with E-state index in [4.69, 9.17) is 4.84 Å². The van der Waals surface area contributed by atoms with Crippen LogP contribution in [0.1, 0.15) is 116 Å². The lowest BCUT2D eigenvalue weighted by Gasteiger charge is -2.17. The summed E-state index contributed by atoms with van der Waals surface area (Å²) in [5.74, 6) is 0.603. The molecule has 1 heterocycles. The van der Waals surface area contributed by atoms with Crippen LogP contribution in [0.3, 0.4) is 0 Å². The van der Waals surface area contributed by atoms with E-state index < -0.39 is 0 Å². The monoisotopic (exact) mass is 464 g/mol. The summed E-state index contributed by atoms with van der Waals surface area (Å²) in [5.41, 5.74) is 1.28. The largest absolute Gasteiger partial charge is 0.268 e. The molecule has 2 nitrogen and oxygen atoms in total. The van der Waals surface area contributed by atoms with Gasteiger partial charge in [0.05, 0.1) is 0 Å². The van der Waals surface area contributed by atoms with E-state index >= 15 is 0 Å². The molecule has 0 amide bonds. The summed E-state index contributed by atoms with van der Waals surface area (Å²) >= 11 is 0. The third-order valence-corrected chi connectivity index (χ3v) is 6.65. The van der Waals surface area contributed by atoms with Crippen LogP contribution in [0.4, 0.5) is 0 Å². The summed E-state index contributed by atoms with van der Waals surface area (Å²) in [6.07, 6.45) is 28.9. The van der Waals surface area contributed by atoms with Crippen molar-refractivity contribution >= 4 is 6.08 Å². The molecule has 0 aliphatic carbocycles. The maximum atomic E-state index is 6.34. The molecule has 1 aromatic heterocycles. The fraction of sp³-hybridized carbons (Fsp3) is 0.594. The zero-order valence-corrected chi connectivity index (χ0v) is 22.0. The first-order chi connectivity index (χ1) is 16.8. The van der Waals surface area contributed by atoms with Gasteiger partial charge in [-0.15, -0.1) is 0 Å². The molecule has 0 saturated heterocycles. The average Bonchev–Trinajstić information content (AvgIpc) is 2.86. The molecule has 2 heteroatoms. The van der Waals surface area contributed by atoms with Crippen molar-refractivity contribution in [3.63, 3.8) is 0 Å². The molecule has 0 saturated carbocycles. The molecule has 0 radical (unpaired) electrons. The van der Waals surface area contributed by atoms with Crippen LogP contribution in [-0.2, 0) is 0 Å². The molecular formula is C32H50NO+. The van der Waals surface area contributed by atoms with Gasteiger partial charge in [0, 0.05) is 16.9 Å². The lowest BCUT2D eigenvalue weighted by molar-refractivity contribution is -0.899. The first-order valence-corrected chi connectivity index (χ1v) is 14.1. The molecule has 0 spiro atoms. The van der Waals surface area contributed by atoms with Crippen LogP contribution in [0.5, 0.6) is 0 Å². The first-order valence-electron chi connectivity index (χ1n) is 14.1. The van der Waals surface area contributed by atoms with Gasteiger partial charge in [-0.3, -0.25) is 4.84 Å². The lowest BCUT2D eigenvalue weighted by atomic mass is 9.96. The number of pyridine rings is 1. The summed E-state index contributed by atoms with van der Waals surface area (Å²) in [7, 11) is 0. The van der Waals surface area contributed by atoms with Crippen LogP contribution in [-0.4, -0.2) is 6.10 Å². The van der Waals surface area contributed by atoms with Crippen LogP contribution in [0, 0.1) is 5.92 Å². The molecule has 1 aromatic carbocycles. The van der Waals surface area contributed by atoms with Gasteiger partial charge < -0.3 is 0 Å². The maximum Gasteiger partial charge on any atom is 0.222 e. The van der Waals surface area contributed by atoms with Crippen molar-refractivity contribution in [3.8, 4) is 0 Å². The number of hydrogen-bond acceptors (Lipinski definition) is 1. The Hall–Kier alpha value is -2.09. The minimum absolute atomic E-state index is 0.274. The quantitative estimate of drug-likeness (QED) is 0.141. The van der Waals surface area contributed by atoms with Crippen molar-refractivity contribution < 1.29 is 9.57 Å². The molecule has 2 aromatic rings. The van der Waals surface area contributed by atoms with Crippen molar-refractivity contribution in [2.45, 2.75) is 116 Å². The van der Waals surface area contributed by atoms with Gasteiger partial charge in [-0.25, -0.2) is 0 Å². The fourth-order valence-corrected chi connectivity index (χ4v) is 4.60. The molecule has 0 bridgehead atoms. The smallest absolute Gasteiger partial charge is 0.222 e. The van der Waals surface area contributed by atoms with Crippen molar-refractivity contribution in [2.75, 3.05) is 0 Å². The Balaban J connectivity index is 1.64. The molecule has 0 N–H and O–H groups in total. The number of benzene rings is 1. The molecular weight excluding hydrogens is 414 g/mol. The Morgan fingerprint density at radius 3 is 1.91 bits per heavy atom. The zero-order chi connectivity index (χ0) is 24.1. The van der Waals surface area contributed by atoms with Gasteiger partial charge in [0.1, 0.15) is 0 Å². The van der Waals surface area contributed by atoms with E-state index in [9.17, 15) is 0 Å². The van der Waals surface area contributed by atoms with Crippen molar-refractivity contribution in [2.24, 2.45) is 5.92 Å². The first kappa shape index (κ1) is 28.1.